The van der Waals surface area contributed by atoms with E-state index in [4.69, 9.17) is 0 Å². The van der Waals surface area contributed by atoms with Crippen LogP contribution >= 0.6 is 0 Å². The number of hydrogen-bond acceptors (Lipinski definition) is 3. The molecule has 0 radical (unpaired) electrons. The van der Waals surface area contributed by atoms with E-state index in [1.807, 2.05) is 85.9 Å². The average Bonchev–Trinajstić information content (AvgIpc) is 3.24. The summed E-state index contributed by atoms with van der Waals surface area (Å²) >= 11 is 0. The quantitative estimate of drug-likeness (QED) is 0.504. The minimum absolute atomic E-state index is 0.124. The van der Waals surface area contributed by atoms with Crippen LogP contribution in [0.3, 0.4) is 0 Å². The van der Waals surface area contributed by atoms with Crippen LogP contribution in [-0.2, 0) is 5.60 Å². The van der Waals surface area contributed by atoms with Crippen LogP contribution in [0.5, 0.6) is 0 Å². The lowest BCUT2D eigenvalue weighted by Gasteiger charge is -2.29. The Kier molecular flexibility index (Phi) is 5.89. The number of hydrogen-bond donors (Lipinski definition) is 4. The van der Waals surface area contributed by atoms with Gasteiger partial charge in [0.05, 0.1) is 11.8 Å². The van der Waals surface area contributed by atoms with Crippen LogP contribution in [0.25, 0.3) is 0 Å². The second kappa shape index (κ2) is 8.32. The summed E-state index contributed by atoms with van der Waals surface area (Å²) in [7, 11) is 0. The number of aliphatic hydroxyl groups is 2. The SMILES string of the molecule is CC(NCCC(O)(c1ccccc1)c1ccc[nH]1)C(O)c1ccccc1. The number of aromatic amines is 1. The summed E-state index contributed by atoms with van der Waals surface area (Å²) in [5.41, 5.74) is 1.40. The minimum Gasteiger partial charge on any atom is -0.387 e. The molecule has 3 aromatic rings. The third-order valence-corrected chi connectivity index (χ3v) is 4.86. The van der Waals surface area contributed by atoms with Crippen LogP contribution in [0.1, 0.15) is 36.3 Å². The van der Waals surface area contributed by atoms with Gasteiger partial charge in [0.1, 0.15) is 5.60 Å². The van der Waals surface area contributed by atoms with Crippen molar-refractivity contribution in [3.05, 3.63) is 95.8 Å². The van der Waals surface area contributed by atoms with Gasteiger partial charge in [0, 0.05) is 12.2 Å². The van der Waals surface area contributed by atoms with Gasteiger partial charge in [0.25, 0.3) is 0 Å². The van der Waals surface area contributed by atoms with Crippen molar-refractivity contribution in [2.24, 2.45) is 0 Å². The van der Waals surface area contributed by atoms with Gasteiger partial charge in [-0.2, -0.15) is 0 Å². The highest BCUT2D eigenvalue weighted by atomic mass is 16.3. The number of aliphatic hydroxyl groups excluding tert-OH is 1. The summed E-state index contributed by atoms with van der Waals surface area (Å²) in [4.78, 5) is 3.14. The standard InChI is InChI=1S/C22H26N2O2/c1-17(21(25)18-9-4-2-5-10-18)23-16-14-22(26,20-13-8-15-24-20)19-11-6-3-7-12-19/h2-13,15,17,21,23-26H,14,16H2,1H3. The number of aromatic nitrogens is 1. The first-order valence-electron chi connectivity index (χ1n) is 8.99. The molecular formula is C22H26N2O2. The van der Waals surface area contributed by atoms with Gasteiger partial charge in [0.2, 0.25) is 0 Å². The monoisotopic (exact) mass is 350 g/mol. The normalized spacial score (nSPS) is 16.0. The molecule has 0 aliphatic rings. The number of benzene rings is 2. The molecule has 0 bridgehead atoms. The van der Waals surface area contributed by atoms with Gasteiger partial charge in [-0.05, 0) is 43.1 Å². The highest BCUT2D eigenvalue weighted by molar-refractivity contribution is 5.32. The van der Waals surface area contributed by atoms with Crippen molar-refractivity contribution in [3.63, 3.8) is 0 Å². The van der Waals surface area contributed by atoms with Crippen molar-refractivity contribution in [2.45, 2.75) is 31.1 Å². The second-order valence-corrected chi connectivity index (χ2v) is 6.66. The molecule has 0 saturated heterocycles. The van der Waals surface area contributed by atoms with Crippen LogP contribution in [0.15, 0.2) is 79.0 Å². The first kappa shape index (κ1) is 18.4. The summed E-state index contributed by atoms with van der Waals surface area (Å²) in [6.07, 6.45) is 1.72. The zero-order valence-corrected chi connectivity index (χ0v) is 15.0. The molecule has 0 aliphatic carbocycles. The van der Waals surface area contributed by atoms with E-state index >= 15 is 0 Å². The summed E-state index contributed by atoms with van der Waals surface area (Å²) in [6, 6.07) is 22.9. The van der Waals surface area contributed by atoms with E-state index in [2.05, 4.69) is 10.3 Å². The molecule has 4 heteroatoms. The maximum Gasteiger partial charge on any atom is 0.130 e. The van der Waals surface area contributed by atoms with Gasteiger partial charge in [-0.15, -0.1) is 0 Å². The minimum atomic E-state index is -1.10. The van der Waals surface area contributed by atoms with E-state index in [-0.39, 0.29) is 6.04 Å². The fourth-order valence-corrected chi connectivity index (χ4v) is 3.27. The number of rotatable bonds is 8. The summed E-state index contributed by atoms with van der Waals surface area (Å²) in [5, 5.41) is 25.2. The Morgan fingerprint density at radius 1 is 0.962 bits per heavy atom. The van der Waals surface area contributed by atoms with Crippen LogP contribution in [0, 0.1) is 0 Å². The fraction of sp³-hybridized carbons (Fsp3) is 0.273. The average molecular weight is 350 g/mol. The van der Waals surface area contributed by atoms with Crippen LogP contribution in [0.2, 0.25) is 0 Å². The Morgan fingerprint density at radius 2 is 1.62 bits per heavy atom. The predicted octanol–water partition coefficient (Wildman–Crippen LogP) is 3.35. The van der Waals surface area contributed by atoms with Crippen molar-refractivity contribution in [1.82, 2.24) is 10.3 Å². The molecule has 3 rings (SSSR count). The highest BCUT2D eigenvalue weighted by Gasteiger charge is 2.32. The molecule has 0 saturated carbocycles. The third-order valence-electron chi connectivity index (χ3n) is 4.86. The van der Waals surface area contributed by atoms with Crippen molar-refractivity contribution >= 4 is 0 Å². The van der Waals surface area contributed by atoms with Gasteiger partial charge in [0.15, 0.2) is 0 Å². The molecule has 0 fully saturated rings. The van der Waals surface area contributed by atoms with Crippen molar-refractivity contribution < 1.29 is 10.2 Å². The molecule has 3 atom stereocenters. The van der Waals surface area contributed by atoms with Gasteiger partial charge < -0.3 is 20.5 Å². The first-order chi connectivity index (χ1) is 12.6. The molecule has 0 amide bonds. The molecule has 0 aliphatic heterocycles. The van der Waals surface area contributed by atoms with Gasteiger partial charge in [-0.1, -0.05) is 60.7 Å². The van der Waals surface area contributed by atoms with E-state index in [0.29, 0.717) is 13.0 Å². The third kappa shape index (κ3) is 4.05. The predicted molar refractivity (Wildman–Crippen MR) is 104 cm³/mol. The van der Waals surface area contributed by atoms with Crippen LogP contribution in [-0.4, -0.2) is 27.8 Å². The van der Waals surface area contributed by atoms with Crippen LogP contribution < -0.4 is 5.32 Å². The summed E-state index contributed by atoms with van der Waals surface area (Å²) in [5.74, 6) is 0. The smallest absolute Gasteiger partial charge is 0.130 e. The lowest BCUT2D eigenvalue weighted by atomic mass is 9.87. The molecule has 4 N–H and O–H groups in total. The van der Waals surface area contributed by atoms with E-state index in [1.165, 1.54) is 0 Å². The van der Waals surface area contributed by atoms with Gasteiger partial charge in [-0.3, -0.25) is 0 Å². The van der Waals surface area contributed by atoms with Crippen molar-refractivity contribution in [1.29, 1.82) is 0 Å². The maximum atomic E-state index is 11.4. The zero-order chi connectivity index (χ0) is 18.4. The molecule has 2 aromatic carbocycles. The molecule has 26 heavy (non-hydrogen) atoms. The Labute approximate surface area is 154 Å². The van der Waals surface area contributed by atoms with Crippen molar-refractivity contribution in [2.75, 3.05) is 6.54 Å². The number of nitrogens with one attached hydrogen (secondary N) is 2. The Morgan fingerprint density at radius 3 is 2.23 bits per heavy atom. The lowest BCUT2D eigenvalue weighted by molar-refractivity contribution is 0.0627. The second-order valence-electron chi connectivity index (χ2n) is 6.66. The highest BCUT2D eigenvalue weighted by Crippen LogP contribution is 2.31. The Balaban J connectivity index is 1.67. The largest absolute Gasteiger partial charge is 0.387 e. The van der Waals surface area contributed by atoms with E-state index in [0.717, 1.165) is 16.8 Å². The number of H-pyrrole nitrogens is 1. The molecule has 1 aromatic heterocycles. The Hall–Kier alpha value is -2.40. The van der Waals surface area contributed by atoms with E-state index in [1.54, 1.807) is 0 Å². The summed E-state index contributed by atoms with van der Waals surface area (Å²) in [6.45, 7) is 2.52. The summed E-state index contributed by atoms with van der Waals surface area (Å²) < 4.78 is 0. The van der Waals surface area contributed by atoms with Crippen LogP contribution in [0.4, 0.5) is 0 Å². The maximum absolute atomic E-state index is 11.4. The van der Waals surface area contributed by atoms with Crippen molar-refractivity contribution in [3.8, 4) is 0 Å². The molecule has 3 unspecified atom stereocenters. The molecular weight excluding hydrogens is 324 g/mol. The molecule has 136 valence electrons. The van der Waals surface area contributed by atoms with Gasteiger partial charge >= 0.3 is 0 Å². The van der Waals surface area contributed by atoms with Gasteiger partial charge in [-0.25, -0.2) is 0 Å². The fourth-order valence-electron chi connectivity index (χ4n) is 3.27. The van der Waals surface area contributed by atoms with E-state index in [9.17, 15) is 10.2 Å². The molecule has 0 spiro atoms. The first-order valence-corrected chi connectivity index (χ1v) is 8.99. The Bertz CT molecular complexity index is 774. The molecule has 1 heterocycles. The van der Waals surface area contributed by atoms with E-state index < -0.39 is 11.7 Å². The zero-order valence-electron chi connectivity index (χ0n) is 15.0. The topological polar surface area (TPSA) is 68.3 Å². The lowest BCUT2D eigenvalue weighted by Crippen LogP contribution is -2.37. The molecule has 4 nitrogen and oxygen atoms in total.